The highest BCUT2D eigenvalue weighted by Gasteiger charge is 2.28. The van der Waals surface area contributed by atoms with E-state index in [9.17, 15) is 13.2 Å². The molecule has 2 aliphatic rings. The molecule has 8 nitrogen and oxygen atoms in total. The number of likely N-dealkylation sites (tertiary alicyclic amines) is 1. The normalized spacial score (nSPS) is 21.3. The van der Waals surface area contributed by atoms with Crippen molar-refractivity contribution in [1.82, 2.24) is 14.5 Å². The minimum Gasteiger partial charge on any atom is -0.466 e. The highest BCUT2D eigenvalue weighted by molar-refractivity contribution is 7.88. The molecule has 0 spiro atoms. The minimum absolute atomic E-state index is 0.00982. The van der Waals surface area contributed by atoms with Gasteiger partial charge in [0.1, 0.15) is 0 Å². The van der Waals surface area contributed by atoms with E-state index in [4.69, 9.17) is 9.73 Å². The summed E-state index contributed by atoms with van der Waals surface area (Å²) in [4.78, 5) is 18.9. The lowest BCUT2D eigenvalue weighted by Crippen LogP contribution is -2.47. The van der Waals surface area contributed by atoms with Crippen molar-refractivity contribution in [2.24, 2.45) is 16.8 Å². The van der Waals surface area contributed by atoms with Crippen LogP contribution in [0.5, 0.6) is 0 Å². The van der Waals surface area contributed by atoms with Gasteiger partial charge in [0.15, 0.2) is 5.96 Å². The first-order valence-corrected chi connectivity index (χ1v) is 11.8. The van der Waals surface area contributed by atoms with E-state index in [2.05, 4.69) is 10.2 Å². The molecule has 0 aromatic rings. The fourth-order valence-electron chi connectivity index (χ4n) is 3.65. The molecule has 156 valence electrons. The SMILES string of the molecule is CCNC(=NCC1CCN(S(C)(=O)=O)CC1)N1CCC(C(=O)OCC)CC1. The molecular weight excluding hydrogens is 368 g/mol. The summed E-state index contributed by atoms with van der Waals surface area (Å²) in [5.41, 5.74) is 0. The van der Waals surface area contributed by atoms with Gasteiger partial charge in [0.25, 0.3) is 0 Å². The summed E-state index contributed by atoms with van der Waals surface area (Å²) < 4.78 is 29.9. The zero-order valence-corrected chi connectivity index (χ0v) is 17.6. The molecule has 0 radical (unpaired) electrons. The third kappa shape index (κ3) is 6.64. The summed E-state index contributed by atoms with van der Waals surface area (Å²) in [5, 5.41) is 3.35. The van der Waals surface area contributed by atoms with Crippen LogP contribution in [0, 0.1) is 11.8 Å². The van der Waals surface area contributed by atoms with Crippen LogP contribution in [-0.4, -0.2) is 81.7 Å². The summed E-state index contributed by atoms with van der Waals surface area (Å²) >= 11 is 0. The maximum atomic E-state index is 11.9. The Bertz CT molecular complexity index is 607. The summed E-state index contributed by atoms with van der Waals surface area (Å²) in [6, 6.07) is 0. The Kier molecular flexibility index (Phi) is 8.34. The summed E-state index contributed by atoms with van der Waals surface area (Å²) in [6.07, 6.45) is 4.54. The van der Waals surface area contributed by atoms with E-state index in [1.807, 2.05) is 13.8 Å². The number of carbonyl (C=O) groups excluding carboxylic acids is 1. The van der Waals surface area contributed by atoms with Gasteiger partial charge in [0.05, 0.1) is 18.8 Å². The van der Waals surface area contributed by atoms with Crippen molar-refractivity contribution in [3.63, 3.8) is 0 Å². The Balaban J connectivity index is 1.85. The summed E-state index contributed by atoms with van der Waals surface area (Å²) in [7, 11) is -3.08. The lowest BCUT2D eigenvalue weighted by atomic mass is 9.97. The molecule has 2 saturated heterocycles. The predicted molar refractivity (Wildman–Crippen MR) is 106 cm³/mol. The summed E-state index contributed by atoms with van der Waals surface area (Å²) in [6.45, 7) is 8.57. The second kappa shape index (κ2) is 10.3. The molecule has 1 N–H and O–H groups in total. The van der Waals surface area contributed by atoms with Gasteiger partial charge in [0, 0.05) is 39.3 Å². The molecule has 0 atom stereocenters. The van der Waals surface area contributed by atoms with E-state index in [0.29, 0.717) is 32.2 Å². The van der Waals surface area contributed by atoms with Gasteiger partial charge in [-0.25, -0.2) is 12.7 Å². The van der Waals surface area contributed by atoms with E-state index < -0.39 is 10.0 Å². The van der Waals surface area contributed by atoms with Crippen molar-refractivity contribution < 1.29 is 17.9 Å². The predicted octanol–water partition coefficient (Wildman–Crippen LogP) is 0.899. The molecule has 0 aromatic carbocycles. The van der Waals surface area contributed by atoms with Crippen LogP contribution < -0.4 is 5.32 Å². The average Bonchev–Trinajstić information content (AvgIpc) is 2.65. The number of sulfonamides is 1. The molecule has 2 rings (SSSR count). The number of hydrogen-bond acceptors (Lipinski definition) is 5. The molecule has 9 heteroatoms. The largest absolute Gasteiger partial charge is 0.466 e. The molecule has 2 fully saturated rings. The van der Waals surface area contributed by atoms with Gasteiger partial charge in [-0.3, -0.25) is 9.79 Å². The first-order valence-electron chi connectivity index (χ1n) is 10.00. The second-order valence-electron chi connectivity index (χ2n) is 7.31. The lowest BCUT2D eigenvalue weighted by Gasteiger charge is -2.34. The maximum Gasteiger partial charge on any atom is 0.309 e. The highest BCUT2D eigenvalue weighted by atomic mass is 32.2. The van der Waals surface area contributed by atoms with Crippen LogP contribution in [0.4, 0.5) is 0 Å². The molecule has 27 heavy (non-hydrogen) atoms. The number of carbonyl (C=O) groups is 1. The van der Waals surface area contributed by atoms with Gasteiger partial charge in [-0.1, -0.05) is 0 Å². The molecule has 0 aliphatic carbocycles. The van der Waals surface area contributed by atoms with Gasteiger partial charge in [-0.2, -0.15) is 0 Å². The third-order valence-electron chi connectivity index (χ3n) is 5.29. The van der Waals surface area contributed by atoms with Crippen molar-refractivity contribution in [3.8, 4) is 0 Å². The number of ether oxygens (including phenoxy) is 1. The van der Waals surface area contributed by atoms with Crippen LogP contribution in [0.2, 0.25) is 0 Å². The minimum atomic E-state index is -3.08. The Labute approximate surface area is 163 Å². The van der Waals surface area contributed by atoms with E-state index in [1.54, 1.807) is 4.31 Å². The first-order chi connectivity index (χ1) is 12.8. The fraction of sp³-hybridized carbons (Fsp3) is 0.889. The quantitative estimate of drug-likeness (QED) is 0.403. The van der Waals surface area contributed by atoms with E-state index in [-0.39, 0.29) is 11.9 Å². The van der Waals surface area contributed by atoms with Crippen LogP contribution in [-0.2, 0) is 19.6 Å². The molecule has 0 unspecified atom stereocenters. The Morgan fingerprint density at radius 2 is 1.74 bits per heavy atom. The second-order valence-corrected chi connectivity index (χ2v) is 9.30. The number of aliphatic imine (C=N–C) groups is 1. The number of piperidine rings is 2. The van der Waals surface area contributed by atoms with Crippen molar-refractivity contribution in [2.75, 3.05) is 52.1 Å². The van der Waals surface area contributed by atoms with Crippen LogP contribution in [0.3, 0.4) is 0 Å². The van der Waals surface area contributed by atoms with Crippen molar-refractivity contribution in [3.05, 3.63) is 0 Å². The van der Waals surface area contributed by atoms with E-state index in [0.717, 1.165) is 51.3 Å². The number of esters is 1. The molecule has 0 aromatic heterocycles. The first kappa shape index (κ1) is 21.9. The zero-order valence-electron chi connectivity index (χ0n) is 16.8. The standard InChI is InChI=1S/C18H34N4O4S/c1-4-19-18(21-10-8-16(9-11-21)17(23)26-5-2)20-14-15-6-12-22(13-7-15)27(3,24)25/h15-16H,4-14H2,1-3H3,(H,19,20). The molecule has 0 saturated carbocycles. The van der Waals surface area contributed by atoms with Crippen LogP contribution in [0.1, 0.15) is 39.5 Å². The molecule has 0 amide bonds. The van der Waals surface area contributed by atoms with E-state index >= 15 is 0 Å². The van der Waals surface area contributed by atoms with Gasteiger partial charge in [-0.05, 0) is 45.4 Å². The third-order valence-corrected chi connectivity index (χ3v) is 6.59. The molecular formula is C18H34N4O4S. The maximum absolute atomic E-state index is 11.9. The van der Waals surface area contributed by atoms with Crippen molar-refractivity contribution >= 4 is 22.0 Å². The van der Waals surface area contributed by atoms with Gasteiger partial charge < -0.3 is 15.0 Å². The number of rotatable bonds is 6. The molecule has 2 heterocycles. The van der Waals surface area contributed by atoms with Crippen molar-refractivity contribution in [1.29, 1.82) is 0 Å². The van der Waals surface area contributed by atoms with Gasteiger partial charge >= 0.3 is 5.97 Å². The monoisotopic (exact) mass is 402 g/mol. The van der Waals surface area contributed by atoms with Crippen LogP contribution in [0.15, 0.2) is 4.99 Å². The van der Waals surface area contributed by atoms with Crippen LogP contribution >= 0.6 is 0 Å². The number of guanidine groups is 1. The highest BCUT2D eigenvalue weighted by Crippen LogP contribution is 2.21. The molecule has 2 aliphatic heterocycles. The van der Waals surface area contributed by atoms with Gasteiger partial charge in [0.2, 0.25) is 10.0 Å². The summed E-state index contributed by atoms with van der Waals surface area (Å²) in [5.74, 6) is 1.21. The lowest BCUT2D eigenvalue weighted by molar-refractivity contribution is -0.149. The number of nitrogens with one attached hydrogen (secondary N) is 1. The average molecular weight is 403 g/mol. The Morgan fingerprint density at radius 1 is 1.11 bits per heavy atom. The molecule has 0 bridgehead atoms. The Morgan fingerprint density at radius 3 is 2.26 bits per heavy atom. The topological polar surface area (TPSA) is 91.3 Å². The Hall–Kier alpha value is -1.35. The van der Waals surface area contributed by atoms with E-state index in [1.165, 1.54) is 6.26 Å². The van der Waals surface area contributed by atoms with Crippen molar-refractivity contribution in [2.45, 2.75) is 39.5 Å². The van der Waals surface area contributed by atoms with Gasteiger partial charge in [-0.15, -0.1) is 0 Å². The zero-order chi connectivity index (χ0) is 19.9. The number of hydrogen-bond donors (Lipinski definition) is 1. The number of nitrogens with zero attached hydrogens (tertiary/aromatic N) is 3. The van der Waals surface area contributed by atoms with Crippen LogP contribution in [0.25, 0.3) is 0 Å². The smallest absolute Gasteiger partial charge is 0.309 e. The fourth-order valence-corrected chi connectivity index (χ4v) is 4.53.